The lowest BCUT2D eigenvalue weighted by atomic mass is 9.93. The molecule has 1 aromatic carbocycles. The molecule has 1 atom stereocenters. The van der Waals surface area contributed by atoms with Crippen LogP contribution in [0.5, 0.6) is 5.75 Å². The highest BCUT2D eigenvalue weighted by atomic mass is 19.4. The van der Waals surface area contributed by atoms with Crippen LogP contribution in [0.3, 0.4) is 0 Å². The summed E-state index contributed by atoms with van der Waals surface area (Å²) in [5.41, 5.74) is 4.52. The molecule has 0 fully saturated rings. The molecule has 0 spiro atoms. The number of benzene rings is 1. The number of alkyl halides is 3. The average Bonchev–Trinajstić information content (AvgIpc) is 2.51. The van der Waals surface area contributed by atoms with Gasteiger partial charge in [-0.15, -0.1) is 0 Å². The first-order valence-corrected chi connectivity index (χ1v) is 8.22. The normalized spacial score (nSPS) is 14.3. The monoisotopic (exact) mass is 370 g/mol. The summed E-state index contributed by atoms with van der Waals surface area (Å²) < 4.78 is 59.6. The molecule has 0 saturated heterocycles. The molecule has 1 unspecified atom stereocenters. The zero-order valence-electron chi connectivity index (χ0n) is 14.9. The number of nitrogens with zero attached hydrogens (tertiary/aromatic N) is 1. The molecule has 142 valence electrons. The van der Waals surface area contributed by atoms with Gasteiger partial charge in [0.05, 0.1) is 11.8 Å². The summed E-state index contributed by atoms with van der Waals surface area (Å²) in [5.74, 6) is -0.732. The molecule has 0 radical (unpaired) electrons. The molecule has 0 bridgehead atoms. The van der Waals surface area contributed by atoms with Crippen molar-refractivity contribution < 1.29 is 22.3 Å². The summed E-state index contributed by atoms with van der Waals surface area (Å²) in [7, 11) is 0. The summed E-state index contributed by atoms with van der Waals surface area (Å²) in [5, 5.41) is 0. The Bertz CT molecular complexity index is 757. The van der Waals surface area contributed by atoms with Gasteiger partial charge in [0.1, 0.15) is 18.2 Å². The first kappa shape index (κ1) is 20.2. The van der Waals surface area contributed by atoms with Crippen molar-refractivity contribution in [2.45, 2.75) is 38.9 Å². The van der Waals surface area contributed by atoms with Gasteiger partial charge in [0.2, 0.25) is 0 Å². The van der Waals surface area contributed by atoms with E-state index in [-0.39, 0.29) is 29.4 Å². The summed E-state index contributed by atoms with van der Waals surface area (Å²) in [6, 6.07) is 4.79. The maximum Gasteiger partial charge on any atom is 0.419 e. The fraction of sp³-hybridized carbons (Fsp3) is 0.421. The second-order valence-corrected chi connectivity index (χ2v) is 7.10. The van der Waals surface area contributed by atoms with Crippen LogP contribution in [0.15, 0.2) is 36.7 Å². The smallest absolute Gasteiger partial charge is 0.419 e. The molecule has 0 aliphatic heterocycles. The van der Waals surface area contributed by atoms with Gasteiger partial charge in [-0.3, -0.25) is 4.98 Å². The summed E-state index contributed by atoms with van der Waals surface area (Å²) >= 11 is 0. The predicted molar refractivity (Wildman–Crippen MR) is 92.2 cm³/mol. The van der Waals surface area contributed by atoms with Gasteiger partial charge in [-0.1, -0.05) is 19.9 Å². The van der Waals surface area contributed by atoms with Gasteiger partial charge in [-0.05, 0) is 43.0 Å². The van der Waals surface area contributed by atoms with Gasteiger partial charge in [0, 0.05) is 17.3 Å². The Morgan fingerprint density at radius 1 is 1.19 bits per heavy atom. The summed E-state index contributed by atoms with van der Waals surface area (Å²) in [6.45, 7) is 5.63. The van der Waals surface area contributed by atoms with E-state index < -0.39 is 23.1 Å². The van der Waals surface area contributed by atoms with Crippen molar-refractivity contribution >= 4 is 0 Å². The first-order chi connectivity index (χ1) is 12.0. The highest BCUT2D eigenvalue weighted by Crippen LogP contribution is 2.39. The number of aromatic nitrogens is 1. The van der Waals surface area contributed by atoms with E-state index in [1.54, 1.807) is 6.92 Å². The Morgan fingerprint density at radius 2 is 1.88 bits per heavy atom. The molecule has 2 rings (SSSR count). The van der Waals surface area contributed by atoms with E-state index in [1.165, 1.54) is 24.4 Å². The van der Waals surface area contributed by atoms with Crippen molar-refractivity contribution in [1.82, 2.24) is 4.98 Å². The topological polar surface area (TPSA) is 48.1 Å². The quantitative estimate of drug-likeness (QED) is 0.724. The zero-order chi connectivity index (χ0) is 19.5. The molecule has 0 saturated carbocycles. The summed E-state index contributed by atoms with van der Waals surface area (Å²) in [6.07, 6.45) is -1.76. The second-order valence-electron chi connectivity index (χ2n) is 7.10. The number of hydrogen-bond donors (Lipinski definition) is 1. The molecule has 3 nitrogen and oxygen atoms in total. The maximum absolute atomic E-state index is 13.8. The Hall–Kier alpha value is -2.15. The number of ether oxygens (including phenoxy) is 1. The Morgan fingerprint density at radius 3 is 2.46 bits per heavy atom. The van der Waals surface area contributed by atoms with Gasteiger partial charge in [-0.25, -0.2) is 4.39 Å². The number of pyridine rings is 1. The minimum atomic E-state index is -4.64. The van der Waals surface area contributed by atoms with Crippen LogP contribution in [0.25, 0.3) is 11.1 Å². The Kier molecular flexibility index (Phi) is 5.91. The van der Waals surface area contributed by atoms with E-state index >= 15 is 0 Å². The lowest BCUT2D eigenvalue weighted by Crippen LogP contribution is -2.43. The van der Waals surface area contributed by atoms with Crippen LogP contribution in [-0.4, -0.2) is 17.1 Å². The predicted octanol–water partition coefficient (Wildman–Crippen LogP) is 5.05. The van der Waals surface area contributed by atoms with Crippen molar-refractivity contribution in [3.05, 3.63) is 48.0 Å². The fourth-order valence-corrected chi connectivity index (χ4v) is 2.89. The lowest BCUT2D eigenvalue weighted by Gasteiger charge is -2.27. The van der Waals surface area contributed by atoms with Crippen molar-refractivity contribution in [1.29, 1.82) is 0 Å². The third kappa shape index (κ3) is 5.17. The molecule has 1 heterocycles. The van der Waals surface area contributed by atoms with Crippen LogP contribution in [0.2, 0.25) is 0 Å². The second kappa shape index (κ2) is 7.61. The highest BCUT2D eigenvalue weighted by Gasteiger charge is 2.35. The lowest BCUT2D eigenvalue weighted by molar-refractivity contribution is -0.139. The largest absolute Gasteiger partial charge is 0.491 e. The molecule has 0 aliphatic carbocycles. The van der Waals surface area contributed by atoms with Crippen LogP contribution < -0.4 is 10.5 Å². The molecule has 0 aliphatic rings. The number of rotatable bonds is 6. The standard InChI is InChI=1S/C19H22F4N2O/c1-12(2)9-18(3,24)11-26-17-5-4-13(8-15(17)19(21,22)23)14-6-7-25-10-16(14)20/h4-8,10,12H,9,11,24H2,1-3H3. The fourth-order valence-electron chi connectivity index (χ4n) is 2.89. The molecule has 26 heavy (non-hydrogen) atoms. The third-order valence-corrected chi connectivity index (χ3v) is 3.80. The maximum atomic E-state index is 13.8. The number of nitrogens with two attached hydrogens (primary N) is 1. The van der Waals surface area contributed by atoms with E-state index in [1.807, 2.05) is 13.8 Å². The first-order valence-electron chi connectivity index (χ1n) is 8.22. The molecule has 1 aromatic heterocycles. The number of hydrogen-bond acceptors (Lipinski definition) is 3. The van der Waals surface area contributed by atoms with Gasteiger partial charge in [0.15, 0.2) is 0 Å². The van der Waals surface area contributed by atoms with E-state index in [0.717, 1.165) is 12.3 Å². The summed E-state index contributed by atoms with van der Waals surface area (Å²) in [4.78, 5) is 3.60. The molecular formula is C19H22F4N2O. The molecular weight excluding hydrogens is 348 g/mol. The Labute approximate surface area is 150 Å². The van der Waals surface area contributed by atoms with Crippen molar-refractivity contribution in [2.75, 3.05) is 6.61 Å². The van der Waals surface area contributed by atoms with Crippen molar-refractivity contribution in [3.63, 3.8) is 0 Å². The van der Waals surface area contributed by atoms with Crippen LogP contribution in [0.4, 0.5) is 17.6 Å². The minimum absolute atomic E-state index is 0.0421. The van der Waals surface area contributed by atoms with Crippen LogP contribution in [0.1, 0.15) is 32.8 Å². The average molecular weight is 370 g/mol. The molecule has 2 aromatic rings. The van der Waals surface area contributed by atoms with Crippen molar-refractivity contribution in [3.8, 4) is 16.9 Å². The van der Waals surface area contributed by atoms with Gasteiger partial charge < -0.3 is 10.5 Å². The van der Waals surface area contributed by atoms with Crippen molar-refractivity contribution in [2.24, 2.45) is 11.7 Å². The van der Waals surface area contributed by atoms with Crippen LogP contribution in [-0.2, 0) is 6.18 Å². The van der Waals surface area contributed by atoms with Gasteiger partial charge in [0.25, 0.3) is 0 Å². The van der Waals surface area contributed by atoms with Crippen LogP contribution in [0, 0.1) is 11.7 Å². The minimum Gasteiger partial charge on any atom is -0.491 e. The molecule has 7 heteroatoms. The highest BCUT2D eigenvalue weighted by molar-refractivity contribution is 5.66. The SMILES string of the molecule is CC(C)CC(C)(N)COc1ccc(-c2ccncc2F)cc1C(F)(F)F. The van der Waals surface area contributed by atoms with E-state index in [4.69, 9.17) is 10.5 Å². The third-order valence-electron chi connectivity index (χ3n) is 3.80. The van der Waals surface area contributed by atoms with E-state index in [2.05, 4.69) is 4.98 Å². The van der Waals surface area contributed by atoms with E-state index in [0.29, 0.717) is 6.42 Å². The zero-order valence-corrected chi connectivity index (χ0v) is 14.9. The number of halogens is 4. The van der Waals surface area contributed by atoms with Crippen LogP contribution >= 0.6 is 0 Å². The van der Waals surface area contributed by atoms with E-state index in [9.17, 15) is 17.6 Å². The van der Waals surface area contributed by atoms with Gasteiger partial charge >= 0.3 is 6.18 Å². The molecule has 0 amide bonds. The van der Waals surface area contributed by atoms with Gasteiger partial charge in [-0.2, -0.15) is 13.2 Å². The molecule has 2 N–H and O–H groups in total. The Balaban J connectivity index is 2.34.